The molecule has 1 amide bonds. The number of rotatable bonds is 6. The molecule has 6 heteroatoms. The third-order valence-corrected chi connectivity index (χ3v) is 5.42. The van der Waals surface area contributed by atoms with Crippen LogP contribution in [0.3, 0.4) is 0 Å². The molecule has 1 atom stereocenters. The van der Waals surface area contributed by atoms with Gasteiger partial charge in [0.1, 0.15) is 0 Å². The van der Waals surface area contributed by atoms with Crippen LogP contribution in [0.2, 0.25) is 0 Å². The predicted octanol–water partition coefficient (Wildman–Crippen LogP) is 4.34. The van der Waals surface area contributed by atoms with E-state index in [1.54, 1.807) is 12.4 Å². The number of fused-ring (bicyclic) bond motifs is 1. The molecule has 0 fully saturated rings. The summed E-state index contributed by atoms with van der Waals surface area (Å²) in [5.41, 5.74) is 4.92. The zero-order valence-corrected chi connectivity index (χ0v) is 15.5. The number of anilines is 1. The number of carbonyl (C=O) groups is 1. The molecule has 0 saturated heterocycles. The van der Waals surface area contributed by atoms with E-state index in [1.165, 1.54) is 11.8 Å². The first-order chi connectivity index (χ1) is 12.1. The van der Waals surface area contributed by atoms with Crippen molar-refractivity contribution in [3.05, 3.63) is 47.8 Å². The summed E-state index contributed by atoms with van der Waals surface area (Å²) in [5.74, 6) is 0.00933. The molecule has 2 aromatic heterocycles. The van der Waals surface area contributed by atoms with Gasteiger partial charge < -0.3 is 10.3 Å². The van der Waals surface area contributed by atoms with Crippen LogP contribution in [0, 0.1) is 6.92 Å². The lowest BCUT2D eigenvalue weighted by Gasteiger charge is -2.17. The molecule has 1 aromatic carbocycles. The highest BCUT2D eigenvalue weighted by molar-refractivity contribution is 8.00. The van der Waals surface area contributed by atoms with Gasteiger partial charge in [-0.05, 0) is 37.0 Å². The van der Waals surface area contributed by atoms with Crippen LogP contribution in [0.1, 0.15) is 31.4 Å². The SMILES string of the molecule is CCc1cccc(C)c1NC(=O)[C@H](CC)Sc1nc2ccncc2[nH]1. The fourth-order valence-corrected chi connectivity index (χ4v) is 3.67. The van der Waals surface area contributed by atoms with Crippen molar-refractivity contribution in [1.82, 2.24) is 15.0 Å². The highest BCUT2D eigenvalue weighted by Gasteiger charge is 2.21. The first-order valence-electron chi connectivity index (χ1n) is 8.48. The van der Waals surface area contributed by atoms with E-state index in [1.807, 2.05) is 32.0 Å². The van der Waals surface area contributed by atoms with Crippen LogP contribution < -0.4 is 5.32 Å². The van der Waals surface area contributed by atoms with Gasteiger partial charge in [-0.1, -0.05) is 43.8 Å². The Balaban J connectivity index is 1.77. The number of carbonyl (C=O) groups excluding carboxylic acids is 1. The highest BCUT2D eigenvalue weighted by Crippen LogP contribution is 2.28. The number of nitrogens with one attached hydrogen (secondary N) is 2. The summed E-state index contributed by atoms with van der Waals surface area (Å²) in [5, 5.41) is 3.65. The molecule has 3 rings (SSSR count). The van der Waals surface area contributed by atoms with E-state index in [9.17, 15) is 4.79 Å². The fraction of sp³-hybridized carbons (Fsp3) is 0.316. The summed E-state index contributed by atoms with van der Waals surface area (Å²) >= 11 is 1.45. The highest BCUT2D eigenvalue weighted by atomic mass is 32.2. The first-order valence-corrected chi connectivity index (χ1v) is 9.36. The average Bonchev–Trinajstić information content (AvgIpc) is 3.03. The Bertz CT molecular complexity index is 857. The van der Waals surface area contributed by atoms with Crippen molar-refractivity contribution in [1.29, 1.82) is 0 Å². The van der Waals surface area contributed by atoms with Crippen molar-refractivity contribution in [2.24, 2.45) is 0 Å². The largest absolute Gasteiger partial charge is 0.332 e. The van der Waals surface area contributed by atoms with Crippen molar-refractivity contribution in [3.8, 4) is 0 Å². The number of amides is 1. The van der Waals surface area contributed by atoms with Crippen LogP contribution in [0.4, 0.5) is 5.69 Å². The molecule has 3 aromatic rings. The van der Waals surface area contributed by atoms with Gasteiger partial charge in [0.05, 0.1) is 22.5 Å². The Morgan fingerprint density at radius 1 is 1.32 bits per heavy atom. The van der Waals surface area contributed by atoms with Crippen LogP contribution in [0.25, 0.3) is 11.0 Å². The number of aromatic amines is 1. The summed E-state index contributed by atoms with van der Waals surface area (Å²) in [6, 6.07) is 7.97. The monoisotopic (exact) mass is 354 g/mol. The van der Waals surface area contributed by atoms with Gasteiger partial charge in [-0.15, -0.1) is 0 Å². The lowest BCUT2D eigenvalue weighted by atomic mass is 10.1. The maximum Gasteiger partial charge on any atom is 0.237 e. The zero-order valence-electron chi connectivity index (χ0n) is 14.7. The second-order valence-corrected chi connectivity index (χ2v) is 7.09. The molecule has 0 spiro atoms. The Hall–Kier alpha value is -2.34. The van der Waals surface area contributed by atoms with Gasteiger partial charge in [0.2, 0.25) is 5.91 Å². The molecule has 0 bridgehead atoms. The minimum absolute atomic E-state index is 0.00933. The topological polar surface area (TPSA) is 70.7 Å². The van der Waals surface area contributed by atoms with Crippen LogP contribution in [0.15, 0.2) is 41.8 Å². The summed E-state index contributed by atoms with van der Waals surface area (Å²) in [6.45, 7) is 6.13. The van der Waals surface area contributed by atoms with Crippen molar-refractivity contribution in [3.63, 3.8) is 0 Å². The van der Waals surface area contributed by atoms with E-state index < -0.39 is 0 Å². The number of thioether (sulfide) groups is 1. The van der Waals surface area contributed by atoms with Gasteiger partial charge >= 0.3 is 0 Å². The molecule has 5 nitrogen and oxygen atoms in total. The Morgan fingerprint density at radius 3 is 2.88 bits per heavy atom. The van der Waals surface area contributed by atoms with Gasteiger partial charge in [-0.3, -0.25) is 9.78 Å². The van der Waals surface area contributed by atoms with Gasteiger partial charge in [-0.2, -0.15) is 0 Å². The number of para-hydroxylation sites is 1. The maximum absolute atomic E-state index is 12.8. The summed E-state index contributed by atoms with van der Waals surface area (Å²) in [4.78, 5) is 24.6. The van der Waals surface area contributed by atoms with Crippen LogP contribution in [0.5, 0.6) is 0 Å². The van der Waals surface area contributed by atoms with Crippen molar-refractivity contribution in [2.75, 3.05) is 5.32 Å². The standard InChI is InChI=1S/C19H22N4OS/c1-4-13-8-6-7-12(3)17(13)23-18(24)16(5-2)25-19-21-14-9-10-20-11-15(14)22-19/h6-11,16H,4-5H2,1-3H3,(H,21,22)(H,23,24)/t16-/m0/s1. The van der Waals surface area contributed by atoms with E-state index in [0.29, 0.717) is 0 Å². The zero-order chi connectivity index (χ0) is 17.8. The number of hydrogen-bond acceptors (Lipinski definition) is 4. The molecule has 0 aliphatic heterocycles. The Kier molecular flexibility index (Phi) is 5.38. The van der Waals surface area contributed by atoms with Crippen molar-refractivity contribution < 1.29 is 4.79 Å². The predicted molar refractivity (Wildman–Crippen MR) is 103 cm³/mol. The maximum atomic E-state index is 12.8. The quantitative estimate of drug-likeness (QED) is 0.646. The number of pyridine rings is 1. The molecule has 130 valence electrons. The van der Waals surface area contributed by atoms with Gasteiger partial charge in [0.15, 0.2) is 5.16 Å². The molecular formula is C19H22N4OS. The molecule has 2 heterocycles. The minimum Gasteiger partial charge on any atom is -0.332 e. The van der Waals surface area contributed by atoms with E-state index >= 15 is 0 Å². The van der Waals surface area contributed by atoms with E-state index in [4.69, 9.17) is 0 Å². The summed E-state index contributed by atoms with van der Waals surface area (Å²) in [6.07, 6.45) is 5.07. The van der Waals surface area contributed by atoms with Crippen molar-refractivity contribution in [2.45, 2.75) is 44.0 Å². The molecule has 0 unspecified atom stereocenters. The molecule has 0 aliphatic carbocycles. The number of aryl methyl sites for hydroxylation is 2. The number of benzene rings is 1. The second-order valence-electron chi connectivity index (χ2n) is 5.90. The number of nitrogens with zero attached hydrogens (tertiary/aromatic N) is 2. The van der Waals surface area contributed by atoms with E-state index in [0.717, 1.165) is 45.8 Å². The smallest absolute Gasteiger partial charge is 0.237 e. The van der Waals surface area contributed by atoms with Crippen molar-refractivity contribution >= 4 is 34.4 Å². The fourth-order valence-electron chi connectivity index (χ4n) is 2.75. The molecular weight excluding hydrogens is 332 g/mol. The van der Waals surface area contributed by atoms with E-state index in [2.05, 4.69) is 33.3 Å². The lowest BCUT2D eigenvalue weighted by Crippen LogP contribution is -2.25. The molecule has 25 heavy (non-hydrogen) atoms. The molecule has 2 N–H and O–H groups in total. The first kappa shape index (κ1) is 17.5. The van der Waals surface area contributed by atoms with Gasteiger partial charge in [0, 0.05) is 11.9 Å². The number of H-pyrrole nitrogens is 1. The Morgan fingerprint density at radius 2 is 2.16 bits per heavy atom. The second kappa shape index (κ2) is 7.70. The number of aromatic nitrogens is 3. The van der Waals surface area contributed by atoms with E-state index in [-0.39, 0.29) is 11.2 Å². The average molecular weight is 354 g/mol. The minimum atomic E-state index is -0.210. The number of imidazole rings is 1. The molecule has 0 saturated carbocycles. The lowest BCUT2D eigenvalue weighted by molar-refractivity contribution is -0.115. The van der Waals surface area contributed by atoms with Crippen LogP contribution in [-0.4, -0.2) is 26.1 Å². The van der Waals surface area contributed by atoms with Crippen LogP contribution in [-0.2, 0) is 11.2 Å². The third kappa shape index (κ3) is 3.85. The summed E-state index contributed by atoms with van der Waals surface area (Å²) in [7, 11) is 0. The van der Waals surface area contributed by atoms with Gasteiger partial charge in [0.25, 0.3) is 0 Å². The van der Waals surface area contributed by atoms with Gasteiger partial charge in [-0.25, -0.2) is 4.98 Å². The third-order valence-electron chi connectivity index (χ3n) is 4.17. The van der Waals surface area contributed by atoms with Crippen LogP contribution >= 0.6 is 11.8 Å². The summed E-state index contributed by atoms with van der Waals surface area (Å²) < 4.78 is 0. The normalized spacial score (nSPS) is 12.3. The number of hydrogen-bond donors (Lipinski definition) is 2. The molecule has 0 radical (unpaired) electrons. The molecule has 0 aliphatic rings. The Labute approximate surface area is 151 Å².